The van der Waals surface area contributed by atoms with Crippen molar-refractivity contribution in [1.82, 2.24) is 15.1 Å². The van der Waals surface area contributed by atoms with Gasteiger partial charge in [-0.25, -0.2) is 4.79 Å². The molecule has 7 nitrogen and oxygen atoms in total. The number of carbonyl (C=O) groups excluding carboxylic acids is 2. The van der Waals surface area contributed by atoms with Crippen LogP contribution >= 0.6 is 0 Å². The van der Waals surface area contributed by atoms with E-state index in [0.29, 0.717) is 25.6 Å². The Balaban J connectivity index is 1.83. The van der Waals surface area contributed by atoms with Crippen molar-refractivity contribution in [3.63, 3.8) is 0 Å². The summed E-state index contributed by atoms with van der Waals surface area (Å²) in [6, 6.07) is 3.72. The molecule has 158 valence electrons. The molecule has 0 aliphatic carbocycles. The second-order valence-electron chi connectivity index (χ2n) is 8.83. The van der Waals surface area contributed by atoms with Gasteiger partial charge in [0.1, 0.15) is 11.4 Å². The van der Waals surface area contributed by atoms with Crippen molar-refractivity contribution in [1.29, 1.82) is 0 Å². The van der Waals surface area contributed by atoms with Gasteiger partial charge in [-0.1, -0.05) is 0 Å². The molecule has 0 aromatic carbocycles. The van der Waals surface area contributed by atoms with E-state index in [0.717, 1.165) is 31.7 Å². The number of rotatable bonds is 7. The maximum atomic E-state index is 12.5. The van der Waals surface area contributed by atoms with Gasteiger partial charge in [0.2, 0.25) is 5.91 Å². The van der Waals surface area contributed by atoms with Crippen molar-refractivity contribution >= 4 is 12.0 Å². The molecule has 1 saturated heterocycles. The Bertz CT molecular complexity index is 622. The van der Waals surface area contributed by atoms with E-state index in [1.807, 2.05) is 46.8 Å². The molecule has 1 fully saturated rings. The Labute approximate surface area is 168 Å². The monoisotopic (exact) mass is 393 g/mol. The van der Waals surface area contributed by atoms with Gasteiger partial charge < -0.3 is 19.4 Å². The maximum Gasteiger partial charge on any atom is 0.410 e. The summed E-state index contributed by atoms with van der Waals surface area (Å²) in [6.07, 6.45) is 3.41. The van der Waals surface area contributed by atoms with E-state index >= 15 is 0 Å². The van der Waals surface area contributed by atoms with Gasteiger partial charge in [-0.15, -0.1) is 0 Å². The molecule has 0 bridgehead atoms. The Kier molecular flexibility index (Phi) is 7.92. The van der Waals surface area contributed by atoms with Gasteiger partial charge in [-0.05, 0) is 72.1 Å². The first-order chi connectivity index (χ1) is 13.1. The summed E-state index contributed by atoms with van der Waals surface area (Å²) in [5, 5.41) is 2.89. The van der Waals surface area contributed by atoms with Crippen LogP contribution in [0.2, 0.25) is 0 Å². The first kappa shape index (κ1) is 22.3. The number of furan rings is 1. The molecular formula is C21H35N3O4. The molecule has 1 aromatic rings. The summed E-state index contributed by atoms with van der Waals surface area (Å²) in [7, 11) is 0. The number of nitrogens with one attached hydrogen (secondary N) is 1. The second kappa shape index (κ2) is 9.96. The van der Waals surface area contributed by atoms with E-state index in [1.54, 1.807) is 11.2 Å². The van der Waals surface area contributed by atoms with Crippen molar-refractivity contribution in [2.75, 3.05) is 26.2 Å². The number of ether oxygens (including phenoxy) is 1. The second-order valence-corrected chi connectivity index (χ2v) is 8.83. The van der Waals surface area contributed by atoms with Crippen LogP contribution in [0.25, 0.3) is 0 Å². The summed E-state index contributed by atoms with van der Waals surface area (Å²) >= 11 is 0. The third kappa shape index (κ3) is 7.54. The predicted molar refractivity (Wildman–Crippen MR) is 108 cm³/mol. The van der Waals surface area contributed by atoms with Crippen LogP contribution in [0.15, 0.2) is 22.8 Å². The molecule has 2 amide bonds. The summed E-state index contributed by atoms with van der Waals surface area (Å²) in [5.74, 6) is 1.07. The van der Waals surface area contributed by atoms with Gasteiger partial charge in [0.05, 0.1) is 19.4 Å². The first-order valence-electron chi connectivity index (χ1n) is 10.1. The molecule has 1 atom stereocenters. The Morgan fingerprint density at radius 3 is 2.75 bits per heavy atom. The smallest absolute Gasteiger partial charge is 0.410 e. The van der Waals surface area contributed by atoms with E-state index in [1.165, 1.54) is 0 Å². The number of likely N-dealkylation sites (tertiary alicyclic amines) is 1. The van der Waals surface area contributed by atoms with E-state index in [2.05, 4.69) is 10.2 Å². The number of amides is 2. The number of hydrogen-bond acceptors (Lipinski definition) is 5. The highest BCUT2D eigenvalue weighted by Crippen LogP contribution is 2.20. The van der Waals surface area contributed by atoms with Crippen molar-refractivity contribution in [3.05, 3.63) is 24.2 Å². The Hall–Kier alpha value is -2.02. The van der Waals surface area contributed by atoms with Crippen LogP contribution in [0.1, 0.15) is 53.2 Å². The van der Waals surface area contributed by atoms with Crippen molar-refractivity contribution in [3.8, 4) is 0 Å². The van der Waals surface area contributed by atoms with E-state index < -0.39 is 5.60 Å². The van der Waals surface area contributed by atoms with E-state index in [9.17, 15) is 9.59 Å². The molecule has 1 aromatic heterocycles. The standard InChI is InChI=1S/C21H35N3O4/c1-16(2)24(20(26)28-21(3,4)5)14-17-8-6-10-23(13-17)15-19(25)22-12-18-9-7-11-27-18/h7,9,11,16-17H,6,8,10,12-15H2,1-5H3,(H,22,25). The first-order valence-corrected chi connectivity index (χ1v) is 10.1. The summed E-state index contributed by atoms with van der Waals surface area (Å²) in [5.41, 5.74) is -0.505. The lowest BCUT2D eigenvalue weighted by Gasteiger charge is -2.37. The number of nitrogens with zero attached hydrogens (tertiary/aromatic N) is 2. The van der Waals surface area contributed by atoms with Gasteiger partial charge >= 0.3 is 6.09 Å². The number of piperidine rings is 1. The molecule has 0 spiro atoms. The zero-order valence-corrected chi connectivity index (χ0v) is 17.9. The van der Waals surface area contributed by atoms with Gasteiger partial charge in [-0.3, -0.25) is 9.69 Å². The van der Waals surface area contributed by atoms with Crippen LogP contribution < -0.4 is 5.32 Å². The fraction of sp³-hybridized carbons (Fsp3) is 0.714. The van der Waals surface area contributed by atoms with Crippen LogP contribution in [-0.2, 0) is 16.1 Å². The molecule has 7 heteroatoms. The average molecular weight is 394 g/mol. The van der Waals surface area contributed by atoms with Crippen molar-refractivity contribution in [2.24, 2.45) is 5.92 Å². The third-order valence-corrected chi connectivity index (χ3v) is 4.72. The Morgan fingerprint density at radius 1 is 1.39 bits per heavy atom. The molecule has 0 radical (unpaired) electrons. The average Bonchev–Trinajstić information content (AvgIpc) is 3.10. The minimum absolute atomic E-state index is 0.00934. The van der Waals surface area contributed by atoms with E-state index in [4.69, 9.17) is 9.15 Å². The van der Waals surface area contributed by atoms with Crippen LogP contribution in [0.4, 0.5) is 4.79 Å². The highest BCUT2D eigenvalue weighted by Gasteiger charge is 2.29. The lowest BCUT2D eigenvalue weighted by Crippen LogP contribution is -2.48. The third-order valence-electron chi connectivity index (χ3n) is 4.72. The molecule has 2 heterocycles. The largest absolute Gasteiger partial charge is 0.467 e. The molecule has 1 aliphatic heterocycles. The Morgan fingerprint density at radius 2 is 2.14 bits per heavy atom. The van der Waals surface area contributed by atoms with Gasteiger partial charge in [-0.2, -0.15) is 0 Å². The maximum absolute atomic E-state index is 12.5. The topological polar surface area (TPSA) is 75.0 Å². The predicted octanol–water partition coefficient (Wildman–Crippen LogP) is 3.25. The van der Waals surface area contributed by atoms with Gasteiger partial charge in [0.15, 0.2) is 0 Å². The number of carbonyl (C=O) groups is 2. The van der Waals surface area contributed by atoms with Gasteiger partial charge in [0.25, 0.3) is 0 Å². The molecule has 1 aliphatic rings. The minimum Gasteiger partial charge on any atom is -0.467 e. The van der Waals surface area contributed by atoms with Crippen LogP contribution in [0, 0.1) is 5.92 Å². The van der Waals surface area contributed by atoms with Crippen molar-refractivity contribution < 1.29 is 18.7 Å². The molecule has 0 saturated carbocycles. The van der Waals surface area contributed by atoms with Gasteiger partial charge in [0, 0.05) is 19.1 Å². The quantitative estimate of drug-likeness (QED) is 0.770. The lowest BCUT2D eigenvalue weighted by molar-refractivity contribution is -0.123. The summed E-state index contributed by atoms with van der Waals surface area (Å²) in [6.45, 7) is 12.8. The van der Waals surface area contributed by atoms with E-state index in [-0.39, 0.29) is 18.0 Å². The molecule has 1 unspecified atom stereocenters. The summed E-state index contributed by atoms with van der Waals surface area (Å²) < 4.78 is 10.8. The van der Waals surface area contributed by atoms with Crippen LogP contribution in [0.5, 0.6) is 0 Å². The molecular weight excluding hydrogens is 358 g/mol. The molecule has 2 rings (SSSR count). The molecule has 28 heavy (non-hydrogen) atoms. The molecule has 1 N–H and O–H groups in total. The zero-order chi connectivity index (χ0) is 20.7. The SMILES string of the molecule is CC(C)N(CC1CCCN(CC(=O)NCc2ccco2)C1)C(=O)OC(C)(C)C. The summed E-state index contributed by atoms with van der Waals surface area (Å²) in [4.78, 5) is 28.7. The van der Waals surface area contributed by atoms with Crippen molar-refractivity contribution in [2.45, 2.75) is 65.6 Å². The fourth-order valence-corrected chi connectivity index (χ4v) is 3.40. The highest BCUT2D eigenvalue weighted by molar-refractivity contribution is 5.77. The number of hydrogen-bond donors (Lipinski definition) is 1. The lowest BCUT2D eigenvalue weighted by atomic mass is 9.97. The van der Waals surface area contributed by atoms with Crippen LogP contribution in [-0.4, -0.2) is 59.6 Å². The fourth-order valence-electron chi connectivity index (χ4n) is 3.40. The van der Waals surface area contributed by atoms with Crippen LogP contribution in [0.3, 0.4) is 0 Å². The minimum atomic E-state index is -0.505. The zero-order valence-electron chi connectivity index (χ0n) is 17.9. The normalized spacial score (nSPS) is 18.1. The highest BCUT2D eigenvalue weighted by atomic mass is 16.6.